The Labute approximate surface area is 83.9 Å². The molecular weight excluding hydrogens is 178 g/mol. The van der Waals surface area contributed by atoms with E-state index in [1.807, 2.05) is 24.3 Å². The van der Waals surface area contributed by atoms with E-state index in [2.05, 4.69) is 11.9 Å². The zero-order chi connectivity index (χ0) is 9.97. The minimum Gasteiger partial charge on any atom is -0.488 e. The Balaban J connectivity index is 1.90. The first-order valence-corrected chi connectivity index (χ1v) is 4.83. The number of aliphatic hydroxyl groups is 1. The number of likely N-dealkylation sites (N-methyl/N-ethyl adjacent to an activating group) is 1. The lowest BCUT2D eigenvalue weighted by molar-refractivity contribution is 0.0388. The summed E-state index contributed by atoms with van der Waals surface area (Å²) in [6.45, 7) is 2.09. The third kappa shape index (κ3) is 2.05. The van der Waals surface area contributed by atoms with E-state index >= 15 is 0 Å². The van der Waals surface area contributed by atoms with Crippen molar-refractivity contribution in [1.82, 2.24) is 4.90 Å². The Morgan fingerprint density at radius 3 is 2.50 bits per heavy atom. The summed E-state index contributed by atoms with van der Waals surface area (Å²) in [4.78, 5) is 2.22. The molecule has 1 N–H and O–H groups in total. The van der Waals surface area contributed by atoms with Gasteiger partial charge in [-0.25, -0.2) is 0 Å². The molecule has 0 saturated carbocycles. The van der Waals surface area contributed by atoms with Crippen molar-refractivity contribution in [2.45, 2.75) is 12.7 Å². The zero-order valence-electron chi connectivity index (χ0n) is 8.31. The summed E-state index contributed by atoms with van der Waals surface area (Å²) in [7, 11) is 2.08. The topological polar surface area (TPSA) is 32.7 Å². The van der Waals surface area contributed by atoms with E-state index in [0.717, 1.165) is 24.4 Å². The van der Waals surface area contributed by atoms with Crippen LogP contribution in [0.2, 0.25) is 0 Å². The van der Waals surface area contributed by atoms with Gasteiger partial charge in [0.05, 0.1) is 6.61 Å². The monoisotopic (exact) mass is 193 g/mol. The molecule has 1 aromatic rings. The largest absolute Gasteiger partial charge is 0.488 e. The van der Waals surface area contributed by atoms with Crippen LogP contribution in [0.4, 0.5) is 0 Å². The summed E-state index contributed by atoms with van der Waals surface area (Å²) in [6, 6.07) is 7.59. The number of hydrogen-bond acceptors (Lipinski definition) is 3. The molecule has 3 nitrogen and oxygen atoms in total. The first-order chi connectivity index (χ1) is 6.78. The van der Waals surface area contributed by atoms with E-state index in [1.54, 1.807) is 0 Å². The van der Waals surface area contributed by atoms with Gasteiger partial charge in [-0.3, -0.25) is 4.90 Å². The molecule has 1 aliphatic rings. The van der Waals surface area contributed by atoms with E-state index in [9.17, 15) is 0 Å². The minimum absolute atomic E-state index is 0.0897. The van der Waals surface area contributed by atoms with Gasteiger partial charge in [-0.15, -0.1) is 0 Å². The highest BCUT2D eigenvalue weighted by Crippen LogP contribution is 2.17. The standard InChI is InChI=1S/C11H15NO2/c1-12-6-11(7-12)14-10-4-2-9(8-13)3-5-10/h2-5,11,13H,6-8H2,1H3. The second-order valence-electron chi connectivity index (χ2n) is 3.76. The van der Waals surface area contributed by atoms with Crippen molar-refractivity contribution in [2.75, 3.05) is 20.1 Å². The molecule has 1 aliphatic heterocycles. The summed E-state index contributed by atoms with van der Waals surface area (Å²) in [5.41, 5.74) is 0.920. The summed E-state index contributed by atoms with van der Waals surface area (Å²) in [5, 5.41) is 8.85. The molecular formula is C11H15NO2. The third-order valence-electron chi connectivity index (χ3n) is 2.44. The van der Waals surface area contributed by atoms with Gasteiger partial charge in [0, 0.05) is 13.1 Å². The van der Waals surface area contributed by atoms with Gasteiger partial charge < -0.3 is 9.84 Å². The molecule has 0 unspecified atom stereocenters. The van der Waals surface area contributed by atoms with Gasteiger partial charge >= 0.3 is 0 Å². The Hall–Kier alpha value is -1.06. The Morgan fingerprint density at radius 2 is 2.00 bits per heavy atom. The van der Waals surface area contributed by atoms with Crippen LogP contribution in [0.3, 0.4) is 0 Å². The van der Waals surface area contributed by atoms with E-state index < -0.39 is 0 Å². The zero-order valence-corrected chi connectivity index (χ0v) is 8.31. The van der Waals surface area contributed by atoms with Crippen LogP contribution in [0.25, 0.3) is 0 Å². The van der Waals surface area contributed by atoms with Crippen LogP contribution in [-0.4, -0.2) is 36.2 Å². The highest BCUT2D eigenvalue weighted by Gasteiger charge is 2.24. The van der Waals surface area contributed by atoms with Gasteiger partial charge in [0.25, 0.3) is 0 Å². The smallest absolute Gasteiger partial charge is 0.124 e. The second-order valence-corrected chi connectivity index (χ2v) is 3.76. The molecule has 14 heavy (non-hydrogen) atoms. The minimum atomic E-state index is 0.0897. The fourth-order valence-corrected chi connectivity index (χ4v) is 1.58. The Kier molecular flexibility index (Phi) is 2.70. The molecule has 0 atom stereocenters. The predicted molar refractivity (Wildman–Crippen MR) is 54.3 cm³/mol. The molecule has 76 valence electrons. The molecule has 0 radical (unpaired) electrons. The molecule has 0 aliphatic carbocycles. The molecule has 0 amide bonds. The maximum absolute atomic E-state index is 8.85. The number of ether oxygens (including phenoxy) is 1. The van der Waals surface area contributed by atoms with Gasteiger partial charge in [0.1, 0.15) is 11.9 Å². The lowest BCUT2D eigenvalue weighted by atomic mass is 10.2. The van der Waals surface area contributed by atoms with Gasteiger partial charge in [-0.05, 0) is 24.7 Å². The van der Waals surface area contributed by atoms with Gasteiger partial charge in [-0.2, -0.15) is 0 Å². The van der Waals surface area contributed by atoms with Crippen molar-refractivity contribution in [2.24, 2.45) is 0 Å². The molecule has 2 rings (SSSR count). The van der Waals surface area contributed by atoms with Gasteiger partial charge in [-0.1, -0.05) is 12.1 Å². The first kappa shape index (κ1) is 9.49. The summed E-state index contributed by atoms with van der Waals surface area (Å²) < 4.78 is 5.70. The average Bonchev–Trinajstić information content (AvgIpc) is 2.17. The van der Waals surface area contributed by atoms with E-state index in [0.29, 0.717) is 6.10 Å². The Bertz CT molecular complexity index is 291. The van der Waals surface area contributed by atoms with Crippen LogP contribution in [0, 0.1) is 0 Å². The summed E-state index contributed by atoms with van der Waals surface area (Å²) in [5.74, 6) is 0.889. The molecule has 0 aromatic heterocycles. The molecule has 1 saturated heterocycles. The number of benzene rings is 1. The maximum Gasteiger partial charge on any atom is 0.124 e. The normalized spacial score (nSPS) is 17.9. The number of hydrogen-bond donors (Lipinski definition) is 1. The fourth-order valence-electron chi connectivity index (χ4n) is 1.58. The van der Waals surface area contributed by atoms with Crippen molar-refractivity contribution in [3.8, 4) is 5.75 Å². The summed E-state index contributed by atoms with van der Waals surface area (Å²) >= 11 is 0. The predicted octanol–water partition coefficient (Wildman–Crippen LogP) is 0.872. The van der Waals surface area contributed by atoms with Crippen LogP contribution in [0.1, 0.15) is 5.56 Å². The quantitative estimate of drug-likeness (QED) is 0.773. The van der Waals surface area contributed by atoms with E-state index in [1.165, 1.54) is 0 Å². The molecule has 0 spiro atoms. The number of aliphatic hydroxyl groups excluding tert-OH is 1. The molecule has 0 bridgehead atoms. The molecule has 1 aromatic carbocycles. The second kappa shape index (κ2) is 3.98. The van der Waals surface area contributed by atoms with Gasteiger partial charge in [0.15, 0.2) is 0 Å². The highest BCUT2D eigenvalue weighted by molar-refractivity contribution is 5.27. The maximum atomic E-state index is 8.85. The molecule has 1 heterocycles. The van der Waals surface area contributed by atoms with E-state index in [-0.39, 0.29) is 6.61 Å². The number of nitrogens with zero attached hydrogens (tertiary/aromatic N) is 1. The lowest BCUT2D eigenvalue weighted by Gasteiger charge is -2.35. The van der Waals surface area contributed by atoms with Crippen molar-refractivity contribution < 1.29 is 9.84 Å². The number of likely N-dealkylation sites (tertiary alicyclic amines) is 1. The fraction of sp³-hybridized carbons (Fsp3) is 0.455. The van der Waals surface area contributed by atoms with Crippen molar-refractivity contribution >= 4 is 0 Å². The SMILES string of the molecule is CN1CC(Oc2ccc(CO)cc2)C1. The van der Waals surface area contributed by atoms with Crippen LogP contribution in [0.15, 0.2) is 24.3 Å². The average molecular weight is 193 g/mol. The third-order valence-corrected chi connectivity index (χ3v) is 2.44. The van der Waals surface area contributed by atoms with Crippen molar-refractivity contribution in [1.29, 1.82) is 0 Å². The number of rotatable bonds is 3. The first-order valence-electron chi connectivity index (χ1n) is 4.83. The molecule has 3 heteroatoms. The molecule has 1 fully saturated rings. The van der Waals surface area contributed by atoms with Crippen molar-refractivity contribution in [3.63, 3.8) is 0 Å². The van der Waals surface area contributed by atoms with Crippen LogP contribution in [0.5, 0.6) is 5.75 Å². The van der Waals surface area contributed by atoms with Crippen molar-refractivity contribution in [3.05, 3.63) is 29.8 Å². The lowest BCUT2D eigenvalue weighted by Crippen LogP contribution is -2.51. The van der Waals surface area contributed by atoms with Crippen LogP contribution >= 0.6 is 0 Å². The summed E-state index contributed by atoms with van der Waals surface area (Å²) in [6.07, 6.45) is 0.333. The van der Waals surface area contributed by atoms with Crippen LogP contribution < -0.4 is 4.74 Å². The van der Waals surface area contributed by atoms with E-state index in [4.69, 9.17) is 9.84 Å². The van der Waals surface area contributed by atoms with Gasteiger partial charge in [0.2, 0.25) is 0 Å². The highest BCUT2D eigenvalue weighted by atomic mass is 16.5. The van der Waals surface area contributed by atoms with Crippen LogP contribution in [-0.2, 0) is 6.61 Å². The Morgan fingerprint density at radius 1 is 1.36 bits per heavy atom.